The van der Waals surface area contributed by atoms with E-state index in [0.29, 0.717) is 47.1 Å². The predicted octanol–water partition coefficient (Wildman–Crippen LogP) is -0.0390. The third-order valence-corrected chi connectivity index (χ3v) is 0. The molecule has 0 unspecified atom stereocenters. The molecule has 0 saturated carbocycles. The van der Waals surface area contributed by atoms with E-state index in [1.807, 2.05) is 0 Å². The summed E-state index contributed by atoms with van der Waals surface area (Å²) in [6.45, 7) is 0. The molecule has 0 aliphatic carbocycles. The Kier molecular flexibility index (Phi) is 16.0. The van der Waals surface area contributed by atoms with Gasteiger partial charge >= 0.3 is 50.9 Å². The molecule has 0 aromatic rings. The van der Waals surface area contributed by atoms with E-state index in [0.717, 1.165) is 0 Å². The molecule has 0 heterocycles. The maximum absolute atomic E-state index is 8.36. The van der Waals surface area contributed by atoms with Crippen LogP contribution in [0.25, 0.3) is 0 Å². The second kappa shape index (κ2) is 9.46. The molecular weight excluding hydrogens is 137 g/mol. The third kappa shape index (κ3) is 68.8. The summed E-state index contributed by atoms with van der Waals surface area (Å²) in [5.74, 6) is 0. The Morgan fingerprint density at radius 1 is 1.83 bits per heavy atom. The van der Waals surface area contributed by atoms with Gasteiger partial charge in [0.05, 0.1) is 0 Å². The van der Waals surface area contributed by atoms with Crippen LogP contribution < -0.4 is 0 Å². The average Bonchev–Trinajstić information content (AvgIpc) is 1.41. The van der Waals surface area contributed by atoms with Gasteiger partial charge < -0.3 is 5.21 Å². The van der Waals surface area contributed by atoms with Crippen molar-refractivity contribution in [3.8, 4) is 0 Å². The number of halogens is 1. The van der Waals surface area contributed by atoms with Gasteiger partial charge in [0.15, 0.2) is 0 Å². The van der Waals surface area contributed by atoms with Crippen LogP contribution in [0.4, 0.5) is 0 Å². The third-order valence-electron chi connectivity index (χ3n) is 0. The maximum atomic E-state index is 8.36. The Balaban J connectivity index is 0. The fourth-order valence-electron chi connectivity index (χ4n) is 0. The molecule has 32 valence electrons. The fraction of sp³-hybridized carbons (Fsp3) is 0. The number of rotatable bonds is 0. The van der Waals surface area contributed by atoms with Crippen LogP contribution in [0.3, 0.4) is 0 Å². The summed E-state index contributed by atoms with van der Waals surface area (Å²) in [4.78, 5) is 8.36. The normalized spacial score (nSPS) is 5.17. The molecular formula is HClKNO3. The summed E-state index contributed by atoms with van der Waals surface area (Å²) in [6, 6.07) is 0. The first kappa shape index (κ1) is 10.2. The molecule has 4 nitrogen and oxygen atoms in total. The summed E-state index contributed by atoms with van der Waals surface area (Å²) < 4.78 is 4.83. The number of hydrogen-bond donors (Lipinski definition) is 1. The summed E-state index contributed by atoms with van der Waals surface area (Å²) in [6.07, 6.45) is 0. The van der Waals surface area contributed by atoms with Crippen LogP contribution in [-0.4, -0.2) is 57.4 Å². The van der Waals surface area contributed by atoms with Crippen LogP contribution in [0.1, 0.15) is 0 Å². The molecule has 0 aliphatic heterocycles. The van der Waals surface area contributed by atoms with Crippen LogP contribution >= 0.6 is 3.76 Å². The Morgan fingerprint density at radius 2 is 1.83 bits per heavy atom. The molecule has 0 aromatic heterocycles. The van der Waals surface area contributed by atoms with Crippen molar-refractivity contribution < 1.29 is 10.3 Å². The standard InChI is InChI=1S/ClH.K.HNO3/c;;2-1(3)4/h1H;;(H,2,3,4)/q;+1;/p-1. The van der Waals surface area contributed by atoms with Crippen molar-refractivity contribution in [3.05, 3.63) is 10.1 Å². The first-order valence-electron chi connectivity index (χ1n) is 0.943. The summed E-state index contributed by atoms with van der Waals surface area (Å²) in [7, 11) is 0. The van der Waals surface area contributed by atoms with Gasteiger partial charge in [0.25, 0.3) is 5.09 Å². The van der Waals surface area contributed by atoms with E-state index < -0.39 is 5.09 Å². The van der Waals surface area contributed by atoms with Crippen LogP contribution in [0, 0.1) is 10.1 Å². The van der Waals surface area contributed by atoms with Crippen LogP contribution in [0.5, 0.6) is 0 Å². The molecule has 0 atom stereocenters. The van der Waals surface area contributed by atoms with Gasteiger partial charge in [-0.1, -0.05) is 0 Å². The van der Waals surface area contributed by atoms with Crippen LogP contribution in [0.2, 0.25) is 0 Å². The summed E-state index contributed by atoms with van der Waals surface area (Å²) >= 11 is 0.535. The minimum atomic E-state index is -1.50. The second-order valence-corrected chi connectivity index (χ2v) is 0.238. The van der Waals surface area contributed by atoms with Crippen molar-refractivity contribution in [1.82, 2.24) is 0 Å². The monoisotopic (exact) mass is 137 g/mol. The summed E-state index contributed by atoms with van der Waals surface area (Å²) in [5, 5.41) is 13.6. The van der Waals surface area contributed by atoms with Gasteiger partial charge in [0.2, 0.25) is 0 Å². The number of nitrogens with zero attached hydrogens (tertiary/aromatic N) is 1. The van der Waals surface area contributed by atoms with Gasteiger partial charge in [0.1, 0.15) is 0 Å². The van der Waals surface area contributed by atoms with Gasteiger partial charge in [-0.25, -0.2) is 0 Å². The van der Waals surface area contributed by atoms with E-state index in [-0.39, 0.29) is 0 Å². The minimum absolute atomic E-state index is 0.535. The van der Waals surface area contributed by atoms with Crippen molar-refractivity contribution in [2.75, 3.05) is 0 Å². The van der Waals surface area contributed by atoms with Crippen LogP contribution in [-0.2, 0) is 0 Å². The van der Waals surface area contributed by atoms with E-state index in [4.69, 9.17) is 19.1 Å². The van der Waals surface area contributed by atoms with Gasteiger partial charge in [-0.2, -0.15) is 0 Å². The van der Waals surface area contributed by atoms with E-state index in [1.54, 1.807) is 0 Å². The van der Waals surface area contributed by atoms with Gasteiger partial charge in [-0.05, 0) is 0 Å². The van der Waals surface area contributed by atoms with Gasteiger partial charge in [0, 0.05) is 0 Å². The van der Waals surface area contributed by atoms with Crippen molar-refractivity contribution >= 4 is 50.9 Å². The molecule has 0 saturated heterocycles. The van der Waals surface area contributed by atoms with Gasteiger partial charge in [-0.15, -0.1) is 10.1 Å². The van der Waals surface area contributed by atoms with Gasteiger partial charge in [-0.3, -0.25) is 0 Å². The van der Waals surface area contributed by atoms with Crippen molar-refractivity contribution in [2.24, 2.45) is 0 Å². The zero-order valence-corrected chi connectivity index (χ0v) is 6.97. The van der Waals surface area contributed by atoms with Crippen molar-refractivity contribution in [2.45, 2.75) is 0 Å². The van der Waals surface area contributed by atoms with E-state index >= 15 is 0 Å². The molecule has 1 N–H and O–H groups in total. The molecule has 0 aromatic carbocycles. The number of hydrogen-bond acceptors (Lipinski definition) is 2. The van der Waals surface area contributed by atoms with E-state index in [2.05, 4.69) is 0 Å². The summed E-state index contributed by atoms with van der Waals surface area (Å²) in [5.41, 5.74) is 0. The van der Waals surface area contributed by atoms with E-state index in [1.165, 1.54) is 0 Å². The first-order chi connectivity index (χ1) is 2.73. The SMILES string of the molecule is O=[N+]([O-])O.[Cl][K]. The Labute approximate surface area is 70.0 Å². The van der Waals surface area contributed by atoms with E-state index in [9.17, 15) is 0 Å². The Hall–Kier alpha value is 1.13. The zero-order valence-electron chi connectivity index (χ0n) is 3.09. The molecule has 0 radical (unpaired) electrons. The quantitative estimate of drug-likeness (QED) is 0.290. The molecule has 6 heteroatoms. The molecule has 0 aliphatic rings. The average molecular weight is 138 g/mol. The van der Waals surface area contributed by atoms with Crippen molar-refractivity contribution in [1.29, 1.82) is 0 Å². The molecule has 0 rings (SSSR count). The predicted molar refractivity (Wildman–Crippen MR) is 20.4 cm³/mol. The van der Waals surface area contributed by atoms with Crippen molar-refractivity contribution in [3.63, 3.8) is 0 Å². The molecule has 6 heavy (non-hydrogen) atoms. The molecule has 0 bridgehead atoms. The zero-order chi connectivity index (χ0) is 5.58. The Morgan fingerprint density at radius 3 is 1.83 bits per heavy atom. The molecule has 0 amide bonds. The van der Waals surface area contributed by atoms with Crippen LogP contribution in [0.15, 0.2) is 0 Å². The first-order valence-corrected chi connectivity index (χ1v) is 5.24. The Bertz CT molecular complexity index is 33.8. The topological polar surface area (TPSA) is 63.4 Å². The second-order valence-electron chi connectivity index (χ2n) is 0.238. The molecule has 0 spiro atoms. The molecule has 0 fully saturated rings. The fourth-order valence-corrected chi connectivity index (χ4v) is 0.